The van der Waals surface area contributed by atoms with E-state index in [1.807, 2.05) is 4.90 Å². The average molecular weight is 482 g/mol. The molecule has 9 heteroatoms. The van der Waals surface area contributed by atoms with Gasteiger partial charge in [-0.05, 0) is 36.2 Å². The molecule has 0 spiro atoms. The zero-order valence-electron chi connectivity index (χ0n) is 20.5. The molecular weight excluding hydrogens is 449 g/mol. The van der Waals surface area contributed by atoms with Crippen LogP contribution >= 0.6 is 0 Å². The Morgan fingerprint density at radius 2 is 1.80 bits per heavy atom. The number of carbonyl (C=O) groups excluding carboxylic acids is 3. The highest BCUT2D eigenvalue weighted by Gasteiger charge is 2.40. The Kier molecular flexibility index (Phi) is 5.91. The van der Waals surface area contributed by atoms with E-state index in [1.54, 1.807) is 6.07 Å². The zero-order chi connectivity index (χ0) is 24.9. The lowest BCUT2D eigenvalue weighted by molar-refractivity contribution is -0.136. The third-order valence-electron chi connectivity index (χ3n) is 7.25. The van der Waals surface area contributed by atoms with Gasteiger partial charge in [0.2, 0.25) is 11.8 Å². The number of anilines is 1. The summed E-state index contributed by atoms with van der Waals surface area (Å²) in [5.74, 6) is -1.56. The second kappa shape index (κ2) is 8.78. The Morgan fingerprint density at radius 1 is 1.06 bits per heavy atom. The lowest BCUT2D eigenvalue weighted by Crippen LogP contribution is -2.52. The third kappa shape index (κ3) is 4.57. The summed E-state index contributed by atoms with van der Waals surface area (Å²) in [5.41, 5.74) is 4.00. The maximum absolute atomic E-state index is 15.1. The van der Waals surface area contributed by atoms with Gasteiger partial charge in [-0.15, -0.1) is 0 Å². The van der Waals surface area contributed by atoms with Gasteiger partial charge in [-0.3, -0.25) is 24.6 Å². The number of halogens is 1. The van der Waals surface area contributed by atoms with Crippen LogP contribution in [0, 0.1) is 5.82 Å². The van der Waals surface area contributed by atoms with E-state index < -0.39 is 17.8 Å². The van der Waals surface area contributed by atoms with Crippen molar-refractivity contribution >= 4 is 23.4 Å². The van der Waals surface area contributed by atoms with Crippen molar-refractivity contribution in [3.05, 3.63) is 52.6 Å². The number of benzene rings is 1. The predicted molar refractivity (Wildman–Crippen MR) is 129 cm³/mol. The Balaban J connectivity index is 1.24. The van der Waals surface area contributed by atoms with Crippen molar-refractivity contribution in [2.45, 2.75) is 58.2 Å². The molecule has 186 valence electrons. The van der Waals surface area contributed by atoms with Crippen LogP contribution in [0.1, 0.15) is 60.9 Å². The highest BCUT2D eigenvalue weighted by Crippen LogP contribution is 2.33. The first-order valence-electron chi connectivity index (χ1n) is 12.2. The molecule has 1 unspecified atom stereocenters. The largest absolute Gasteiger partial charge is 0.367 e. The number of nitrogens with one attached hydrogen (secondary N) is 2. The van der Waals surface area contributed by atoms with Gasteiger partial charge in [0.1, 0.15) is 11.9 Å². The van der Waals surface area contributed by atoms with Crippen molar-refractivity contribution < 1.29 is 18.8 Å². The van der Waals surface area contributed by atoms with Crippen LogP contribution in [0.15, 0.2) is 24.3 Å². The standard InChI is InChI=1S/C26H32FN5O3/c1-26(2,3)22-6-4-17(28-22)15-30-8-10-31(11-9-30)21-12-16-14-32(25(35)18(16)13-19(21)27)20-5-7-23(33)29-24(20)34/h4,6,12-13,20,28H,5,7-11,14-15H2,1-3H3,(H,29,33,34). The number of piperazine rings is 1. The van der Waals surface area contributed by atoms with Gasteiger partial charge in [0.05, 0.1) is 5.69 Å². The van der Waals surface area contributed by atoms with Crippen LogP contribution in [-0.4, -0.2) is 64.7 Å². The highest BCUT2D eigenvalue weighted by molar-refractivity contribution is 6.05. The molecule has 2 fully saturated rings. The van der Waals surface area contributed by atoms with Gasteiger partial charge in [-0.2, -0.15) is 0 Å². The molecule has 1 aromatic carbocycles. The molecule has 4 heterocycles. The van der Waals surface area contributed by atoms with Gasteiger partial charge in [0.15, 0.2) is 0 Å². The van der Waals surface area contributed by atoms with Gasteiger partial charge < -0.3 is 14.8 Å². The van der Waals surface area contributed by atoms with Crippen LogP contribution in [0.25, 0.3) is 0 Å². The number of nitrogens with zero attached hydrogens (tertiary/aromatic N) is 3. The molecule has 8 nitrogen and oxygen atoms in total. The summed E-state index contributed by atoms with van der Waals surface area (Å²) >= 11 is 0. The van der Waals surface area contributed by atoms with Crippen molar-refractivity contribution in [3.8, 4) is 0 Å². The number of aromatic amines is 1. The molecule has 0 aliphatic carbocycles. The van der Waals surface area contributed by atoms with Crippen molar-refractivity contribution in [1.29, 1.82) is 0 Å². The molecule has 3 amide bonds. The van der Waals surface area contributed by atoms with Crippen molar-refractivity contribution in [1.82, 2.24) is 20.1 Å². The molecule has 1 atom stereocenters. The predicted octanol–water partition coefficient (Wildman–Crippen LogP) is 2.53. The van der Waals surface area contributed by atoms with Gasteiger partial charge >= 0.3 is 0 Å². The maximum atomic E-state index is 15.1. The minimum atomic E-state index is -0.700. The summed E-state index contributed by atoms with van der Waals surface area (Å²) in [6.45, 7) is 10.6. The molecule has 3 aliphatic heterocycles. The summed E-state index contributed by atoms with van der Waals surface area (Å²) in [4.78, 5) is 46.0. The molecule has 2 N–H and O–H groups in total. The van der Waals surface area contributed by atoms with Crippen LogP contribution in [0.4, 0.5) is 10.1 Å². The number of H-pyrrole nitrogens is 1. The van der Waals surface area contributed by atoms with Crippen LogP contribution in [0.2, 0.25) is 0 Å². The quantitative estimate of drug-likeness (QED) is 0.656. The zero-order valence-corrected chi connectivity index (χ0v) is 20.5. The Bertz CT molecular complexity index is 1180. The van der Waals surface area contributed by atoms with Gasteiger partial charge in [0.25, 0.3) is 5.91 Å². The molecule has 0 radical (unpaired) electrons. The number of hydrogen-bond acceptors (Lipinski definition) is 5. The summed E-state index contributed by atoms with van der Waals surface area (Å²) in [5, 5.41) is 2.30. The van der Waals surface area contributed by atoms with Crippen LogP contribution in [0.5, 0.6) is 0 Å². The first-order valence-corrected chi connectivity index (χ1v) is 12.2. The van der Waals surface area contributed by atoms with Crippen LogP contribution in [-0.2, 0) is 28.1 Å². The number of carbonyl (C=O) groups is 3. The smallest absolute Gasteiger partial charge is 0.255 e. The van der Waals surface area contributed by atoms with E-state index in [1.165, 1.54) is 22.4 Å². The highest BCUT2D eigenvalue weighted by atomic mass is 19.1. The molecule has 0 bridgehead atoms. The Hall–Kier alpha value is -3.20. The number of rotatable bonds is 4. The van der Waals surface area contributed by atoms with Gasteiger partial charge in [0, 0.05) is 68.1 Å². The molecule has 2 saturated heterocycles. The van der Waals surface area contributed by atoms with E-state index >= 15 is 4.39 Å². The fourth-order valence-corrected chi connectivity index (χ4v) is 5.18. The molecule has 2 aromatic rings. The van der Waals surface area contributed by atoms with E-state index in [4.69, 9.17) is 0 Å². The van der Waals surface area contributed by atoms with Gasteiger partial charge in [-0.25, -0.2) is 4.39 Å². The Labute approximate surface area is 204 Å². The van der Waals surface area contributed by atoms with E-state index in [9.17, 15) is 14.4 Å². The van der Waals surface area contributed by atoms with E-state index in [-0.39, 0.29) is 30.2 Å². The fourth-order valence-electron chi connectivity index (χ4n) is 5.18. The van der Waals surface area contributed by atoms with Crippen LogP contribution < -0.4 is 10.2 Å². The third-order valence-corrected chi connectivity index (χ3v) is 7.25. The lowest BCUT2D eigenvalue weighted by Gasteiger charge is -2.36. The summed E-state index contributed by atoms with van der Waals surface area (Å²) in [6.07, 6.45) is 0.486. The van der Waals surface area contributed by atoms with Crippen molar-refractivity contribution in [3.63, 3.8) is 0 Å². The monoisotopic (exact) mass is 481 g/mol. The van der Waals surface area contributed by atoms with E-state index in [2.05, 4.69) is 48.1 Å². The molecule has 3 aliphatic rings. The van der Waals surface area contributed by atoms with Crippen molar-refractivity contribution in [2.24, 2.45) is 0 Å². The summed E-state index contributed by atoms with van der Waals surface area (Å²) in [7, 11) is 0. The SMILES string of the molecule is CC(C)(C)c1ccc(CN2CCN(c3cc4c(cc3F)C(=O)N(C3CCC(=O)NC3=O)C4)CC2)[nH]1. The van der Waals surface area contributed by atoms with E-state index in [0.29, 0.717) is 30.8 Å². The number of hydrogen-bond donors (Lipinski definition) is 2. The topological polar surface area (TPSA) is 88.8 Å². The first-order chi connectivity index (χ1) is 16.6. The molecule has 0 saturated carbocycles. The second-order valence-electron chi connectivity index (χ2n) is 10.8. The molecule has 35 heavy (non-hydrogen) atoms. The van der Waals surface area contributed by atoms with E-state index in [0.717, 1.165) is 25.2 Å². The number of piperidine rings is 1. The molecule has 1 aromatic heterocycles. The fraction of sp³-hybridized carbons (Fsp3) is 0.500. The van der Waals surface area contributed by atoms with Crippen molar-refractivity contribution in [2.75, 3.05) is 31.1 Å². The second-order valence-corrected chi connectivity index (χ2v) is 10.8. The number of aromatic nitrogens is 1. The summed E-state index contributed by atoms with van der Waals surface area (Å²) < 4.78 is 15.1. The normalized spacial score (nSPS) is 21.5. The first kappa shape index (κ1) is 23.5. The number of fused-ring (bicyclic) bond motifs is 1. The maximum Gasteiger partial charge on any atom is 0.255 e. The number of amides is 3. The molecule has 5 rings (SSSR count). The Morgan fingerprint density at radius 3 is 2.46 bits per heavy atom. The van der Waals surface area contributed by atoms with Crippen LogP contribution in [0.3, 0.4) is 0 Å². The lowest BCUT2D eigenvalue weighted by atomic mass is 9.93. The minimum Gasteiger partial charge on any atom is -0.367 e. The van der Waals surface area contributed by atoms with Gasteiger partial charge in [-0.1, -0.05) is 20.8 Å². The molecular formula is C26H32FN5O3. The minimum absolute atomic E-state index is 0.0806. The average Bonchev–Trinajstić information content (AvgIpc) is 3.39. The summed E-state index contributed by atoms with van der Waals surface area (Å²) in [6, 6.07) is 6.64. The number of imide groups is 1.